The molecule has 204 valence electrons. The highest BCUT2D eigenvalue weighted by atomic mass is 19.3. The number of carbonyl (C=O) groups is 1. The van der Waals surface area contributed by atoms with E-state index in [-0.39, 0.29) is 41.0 Å². The maximum Gasteiger partial charge on any atom is 0.426 e. The highest BCUT2D eigenvalue weighted by Crippen LogP contribution is 2.42. The predicted molar refractivity (Wildman–Crippen MR) is 132 cm³/mol. The van der Waals surface area contributed by atoms with E-state index in [0.29, 0.717) is 24.3 Å². The van der Waals surface area contributed by atoms with Crippen molar-refractivity contribution < 1.29 is 37.0 Å². The van der Waals surface area contributed by atoms with Gasteiger partial charge in [-0.3, -0.25) is 9.88 Å². The van der Waals surface area contributed by atoms with Gasteiger partial charge in [-0.25, -0.2) is 9.18 Å². The number of halogens is 3. The number of ether oxygens (including phenoxy) is 2. The third-order valence-electron chi connectivity index (χ3n) is 6.52. The molecule has 38 heavy (non-hydrogen) atoms. The van der Waals surface area contributed by atoms with Crippen LogP contribution in [0.2, 0.25) is 0 Å². The molecule has 9 nitrogen and oxygen atoms in total. The van der Waals surface area contributed by atoms with E-state index in [2.05, 4.69) is 9.97 Å². The Kier molecular flexibility index (Phi) is 6.01. The first-order valence-corrected chi connectivity index (χ1v) is 12.2. The third-order valence-corrected chi connectivity index (χ3v) is 6.52. The molecule has 0 aliphatic carbocycles. The SMILES string of the molecule is CC(C)(C)OC(=O)N1C2CC1CN(c1nc3c(OC(F)(F)C(C)(C)O)ccc(-c4ccc(F)cn4)c3o1)C2. The monoisotopic (exact) mass is 534 g/mol. The normalized spacial score (nSPS) is 19.9. The van der Waals surface area contributed by atoms with E-state index in [9.17, 15) is 23.1 Å². The summed E-state index contributed by atoms with van der Waals surface area (Å²) in [4.78, 5) is 24.7. The van der Waals surface area contributed by atoms with E-state index >= 15 is 0 Å². The van der Waals surface area contributed by atoms with Crippen molar-refractivity contribution in [1.82, 2.24) is 14.9 Å². The molecule has 3 saturated heterocycles. The number of carbonyl (C=O) groups excluding carboxylic acids is 1. The Balaban J connectivity index is 1.49. The van der Waals surface area contributed by atoms with Crippen LogP contribution in [0.15, 0.2) is 34.9 Å². The van der Waals surface area contributed by atoms with Crippen LogP contribution in [-0.4, -0.2) is 68.6 Å². The molecule has 1 N–H and O–H groups in total. The number of oxazole rings is 1. The fourth-order valence-electron chi connectivity index (χ4n) is 4.57. The first-order chi connectivity index (χ1) is 17.6. The zero-order valence-electron chi connectivity index (χ0n) is 21.7. The van der Waals surface area contributed by atoms with E-state index in [1.807, 2.05) is 4.90 Å². The molecule has 0 spiro atoms. The molecule has 2 atom stereocenters. The van der Waals surface area contributed by atoms with E-state index in [4.69, 9.17) is 13.9 Å². The van der Waals surface area contributed by atoms with Gasteiger partial charge in [0.1, 0.15) is 11.4 Å². The molecule has 2 aromatic heterocycles. The van der Waals surface area contributed by atoms with Crippen molar-refractivity contribution in [3.63, 3.8) is 0 Å². The zero-order chi connectivity index (χ0) is 27.6. The minimum atomic E-state index is -3.94. The third kappa shape index (κ3) is 4.72. The van der Waals surface area contributed by atoms with Crippen molar-refractivity contribution >= 4 is 23.2 Å². The Hall–Kier alpha value is -3.54. The van der Waals surface area contributed by atoms with Crippen LogP contribution in [0.5, 0.6) is 5.75 Å². The first kappa shape index (κ1) is 26.1. The second-order valence-corrected chi connectivity index (χ2v) is 11.2. The van der Waals surface area contributed by atoms with Crippen LogP contribution in [0.4, 0.5) is 24.0 Å². The number of hydrogen-bond donors (Lipinski definition) is 1. The molecule has 1 aromatic carbocycles. The number of aromatic nitrogens is 2. The topological polar surface area (TPSA) is 101 Å². The number of hydrogen-bond acceptors (Lipinski definition) is 8. The molecule has 0 saturated carbocycles. The summed E-state index contributed by atoms with van der Waals surface area (Å²) in [5.41, 5.74) is -2.23. The van der Waals surface area contributed by atoms with Crippen LogP contribution in [0.25, 0.3) is 22.4 Å². The van der Waals surface area contributed by atoms with Crippen molar-refractivity contribution in [2.75, 3.05) is 18.0 Å². The number of fused-ring (bicyclic) bond motifs is 3. The molecule has 3 aliphatic heterocycles. The minimum absolute atomic E-state index is 0.00389. The van der Waals surface area contributed by atoms with Crippen LogP contribution < -0.4 is 9.64 Å². The maximum atomic E-state index is 14.6. The summed E-state index contributed by atoms with van der Waals surface area (Å²) in [6.45, 7) is 8.10. The van der Waals surface area contributed by atoms with Gasteiger partial charge in [0.25, 0.3) is 6.01 Å². The summed E-state index contributed by atoms with van der Waals surface area (Å²) in [5, 5.41) is 9.91. The molecule has 12 heteroatoms. The number of piperidine rings is 1. The Labute approximate surface area is 217 Å². The molecule has 3 aromatic rings. The van der Waals surface area contributed by atoms with Crippen molar-refractivity contribution in [2.24, 2.45) is 0 Å². The van der Waals surface area contributed by atoms with Gasteiger partial charge in [-0.1, -0.05) is 0 Å². The van der Waals surface area contributed by atoms with Gasteiger partial charge in [-0.2, -0.15) is 13.8 Å². The van der Waals surface area contributed by atoms with Gasteiger partial charge in [0.15, 0.2) is 22.5 Å². The van der Waals surface area contributed by atoms with E-state index in [1.54, 1.807) is 25.7 Å². The molecule has 0 radical (unpaired) electrons. The fraction of sp³-hybridized carbons (Fsp3) is 0.500. The number of piperazine rings is 1. The standard InChI is InChI=1S/C26H29F3N4O5/c1-24(2,3)38-23(34)33-15-10-16(33)13-32(12-15)22-31-20-19(37-26(28,29)25(4,5)35)9-7-17(21(20)36-22)18-8-6-14(27)11-30-18/h6-9,11,15-16,35H,10,12-13H2,1-5H3. The lowest BCUT2D eigenvalue weighted by atomic mass is 9.88. The number of pyridine rings is 1. The van der Waals surface area contributed by atoms with Crippen LogP contribution in [0, 0.1) is 5.82 Å². The Morgan fingerprint density at radius 3 is 2.37 bits per heavy atom. The maximum absolute atomic E-state index is 14.6. The molecule has 3 fully saturated rings. The Bertz CT molecular complexity index is 1350. The van der Waals surface area contributed by atoms with Crippen molar-refractivity contribution in [3.8, 4) is 17.0 Å². The summed E-state index contributed by atoms with van der Waals surface area (Å²) in [5.74, 6) is -0.833. The van der Waals surface area contributed by atoms with E-state index < -0.39 is 23.1 Å². The van der Waals surface area contributed by atoms with E-state index in [0.717, 1.165) is 26.5 Å². The van der Waals surface area contributed by atoms with Gasteiger partial charge in [0, 0.05) is 18.7 Å². The molecular weight excluding hydrogens is 505 g/mol. The van der Waals surface area contributed by atoms with Gasteiger partial charge in [-0.15, -0.1) is 0 Å². The average molecular weight is 535 g/mol. The largest absolute Gasteiger partial charge is 0.444 e. The number of anilines is 1. The first-order valence-electron chi connectivity index (χ1n) is 12.2. The summed E-state index contributed by atoms with van der Waals surface area (Å²) in [6.07, 6.45) is -2.48. The van der Waals surface area contributed by atoms with Gasteiger partial charge < -0.3 is 23.9 Å². The fourth-order valence-corrected chi connectivity index (χ4v) is 4.57. The highest BCUT2D eigenvalue weighted by molar-refractivity contribution is 5.94. The number of nitrogens with zero attached hydrogens (tertiary/aromatic N) is 4. The summed E-state index contributed by atoms with van der Waals surface area (Å²) >= 11 is 0. The molecule has 3 aliphatic rings. The molecule has 5 heterocycles. The van der Waals surface area contributed by atoms with Crippen LogP contribution in [-0.2, 0) is 4.74 Å². The lowest BCUT2D eigenvalue weighted by molar-refractivity contribution is -0.275. The van der Waals surface area contributed by atoms with Gasteiger partial charge in [-0.05, 0) is 65.3 Å². The summed E-state index contributed by atoms with van der Waals surface area (Å²) < 4.78 is 59.2. The van der Waals surface area contributed by atoms with Crippen molar-refractivity contribution in [2.45, 2.75) is 70.4 Å². The smallest absolute Gasteiger partial charge is 0.426 e. The quantitative estimate of drug-likeness (QED) is 0.490. The zero-order valence-corrected chi connectivity index (χ0v) is 21.7. The van der Waals surface area contributed by atoms with Gasteiger partial charge >= 0.3 is 12.2 Å². The molecule has 6 rings (SSSR count). The predicted octanol–water partition coefficient (Wildman–Crippen LogP) is 4.97. The highest BCUT2D eigenvalue weighted by Gasteiger charge is 2.51. The summed E-state index contributed by atoms with van der Waals surface area (Å²) in [6, 6.07) is 5.33. The second kappa shape index (κ2) is 8.75. The number of aliphatic hydroxyl groups is 1. The summed E-state index contributed by atoms with van der Waals surface area (Å²) in [7, 11) is 0. The Morgan fingerprint density at radius 1 is 1.11 bits per heavy atom. The van der Waals surface area contributed by atoms with Crippen LogP contribution in [0.1, 0.15) is 41.0 Å². The van der Waals surface area contributed by atoms with Crippen LogP contribution in [0.3, 0.4) is 0 Å². The number of alkyl halides is 2. The Morgan fingerprint density at radius 2 is 1.79 bits per heavy atom. The van der Waals surface area contributed by atoms with Gasteiger partial charge in [0.05, 0.1) is 24.0 Å². The van der Waals surface area contributed by atoms with Gasteiger partial charge in [0.2, 0.25) is 0 Å². The lowest BCUT2D eigenvalue weighted by Crippen LogP contribution is -2.70. The minimum Gasteiger partial charge on any atom is -0.444 e. The number of amides is 1. The van der Waals surface area contributed by atoms with Crippen molar-refractivity contribution in [1.29, 1.82) is 0 Å². The van der Waals surface area contributed by atoms with E-state index in [1.165, 1.54) is 24.3 Å². The number of rotatable bonds is 5. The number of benzene rings is 1. The molecule has 2 bridgehead atoms. The van der Waals surface area contributed by atoms with Crippen LogP contribution >= 0.6 is 0 Å². The molecular formula is C26H29F3N4O5. The average Bonchev–Trinajstić information content (AvgIpc) is 3.24. The lowest BCUT2D eigenvalue weighted by Gasteiger charge is -2.55. The molecule has 1 amide bonds. The second-order valence-electron chi connectivity index (χ2n) is 11.2. The van der Waals surface area contributed by atoms with Crippen molar-refractivity contribution in [3.05, 3.63) is 36.3 Å². The molecule has 2 unspecified atom stereocenters.